The zero-order valence-electron chi connectivity index (χ0n) is 15.6. The van der Waals surface area contributed by atoms with E-state index >= 15 is 0 Å². The average molecular weight is 339 g/mol. The van der Waals surface area contributed by atoms with Gasteiger partial charge < -0.3 is 19.9 Å². The third-order valence-electron chi connectivity index (χ3n) is 5.00. The average Bonchev–Trinajstić information content (AvgIpc) is 2.81. The smallest absolute Gasteiger partial charge is 0.399 e. The Morgan fingerprint density at radius 1 is 1.04 bits per heavy atom. The van der Waals surface area contributed by atoms with Crippen LogP contribution in [0.4, 0.5) is 11.5 Å². The molecule has 0 aliphatic carbocycles. The Bertz CT molecular complexity index is 719. The van der Waals surface area contributed by atoms with Gasteiger partial charge in [0.2, 0.25) is 0 Å². The van der Waals surface area contributed by atoms with Crippen molar-refractivity contribution in [1.29, 1.82) is 0 Å². The molecule has 0 amide bonds. The summed E-state index contributed by atoms with van der Waals surface area (Å²) in [7, 11) is 1.41. The minimum Gasteiger partial charge on any atom is -0.399 e. The highest BCUT2D eigenvalue weighted by Crippen LogP contribution is 2.37. The summed E-state index contributed by atoms with van der Waals surface area (Å²) in [4.78, 5) is 4.52. The first-order valence-electron chi connectivity index (χ1n) is 8.63. The molecule has 1 fully saturated rings. The highest BCUT2D eigenvalue weighted by Gasteiger charge is 2.52. The first-order valence-corrected chi connectivity index (χ1v) is 8.63. The zero-order chi connectivity index (χ0) is 18.1. The van der Waals surface area contributed by atoms with Gasteiger partial charge in [0.15, 0.2) is 0 Å². The van der Waals surface area contributed by atoms with Crippen molar-refractivity contribution < 1.29 is 9.31 Å². The van der Waals surface area contributed by atoms with Crippen molar-refractivity contribution >= 4 is 24.1 Å². The summed E-state index contributed by atoms with van der Waals surface area (Å²) in [6, 6.07) is 12.3. The fourth-order valence-electron chi connectivity index (χ4n) is 2.74. The van der Waals surface area contributed by atoms with E-state index in [0.29, 0.717) is 0 Å². The molecule has 1 aliphatic heterocycles. The molecule has 0 spiro atoms. The number of nitrogens with zero attached hydrogens (tertiary/aromatic N) is 1. The van der Waals surface area contributed by atoms with E-state index in [2.05, 4.69) is 55.4 Å². The molecule has 3 rings (SSSR count). The summed E-state index contributed by atoms with van der Waals surface area (Å²) in [5.74, 6) is 0.767. The minimum absolute atomic E-state index is 0.379. The Morgan fingerprint density at radius 3 is 2.28 bits per heavy atom. The van der Waals surface area contributed by atoms with Gasteiger partial charge in [-0.3, -0.25) is 0 Å². The summed E-state index contributed by atoms with van der Waals surface area (Å²) in [5, 5.41) is 6.55. The van der Waals surface area contributed by atoms with E-state index in [1.165, 1.54) is 5.56 Å². The zero-order valence-corrected chi connectivity index (χ0v) is 15.6. The molecular weight excluding hydrogens is 313 g/mol. The number of benzene rings is 1. The molecule has 1 aromatic carbocycles. The van der Waals surface area contributed by atoms with Crippen LogP contribution in [0.1, 0.15) is 33.3 Å². The molecule has 25 heavy (non-hydrogen) atoms. The fraction of sp³-hybridized carbons (Fsp3) is 0.421. The van der Waals surface area contributed by atoms with E-state index in [0.717, 1.165) is 23.5 Å². The van der Waals surface area contributed by atoms with Crippen LogP contribution in [0, 0.1) is 0 Å². The van der Waals surface area contributed by atoms with Gasteiger partial charge in [-0.25, -0.2) is 4.98 Å². The van der Waals surface area contributed by atoms with Gasteiger partial charge in [-0.15, -0.1) is 0 Å². The standard InChI is InChI=1S/C19H26BN3O2/c1-18(2)19(3,4)25-20(24-18)16-11-15(13-23-17(16)21-5)22-12-14-9-7-6-8-10-14/h6-11,13,22H,12H2,1-5H3,(H,21,23). The molecule has 0 atom stereocenters. The minimum atomic E-state index is -0.446. The summed E-state index contributed by atoms with van der Waals surface area (Å²) in [5.41, 5.74) is 2.30. The monoisotopic (exact) mass is 339 g/mol. The van der Waals surface area contributed by atoms with Crippen LogP contribution in [0.5, 0.6) is 0 Å². The predicted molar refractivity (Wildman–Crippen MR) is 103 cm³/mol. The van der Waals surface area contributed by atoms with Crippen molar-refractivity contribution in [2.75, 3.05) is 17.7 Å². The lowest BCUT2D eigenvalue weighted by Crippen LogP contribution is -2.41. The molecule has 0 unspecified atom stereocenters. The van der Waals surface area contributed by atoms with Gasteiger partial charge >= 0.3 is 7.12 Å². The second-order valence-corrected chi connectivity index (χ2v) is 7.34. The molecule has 0 radical (unpaired) electrons. The summed E-state index contributed by atoms with van der Waals surface area (Å²) < 4.78 is 12.4. The molecule has 0 saturated carbocycles. The second kappa shape index (κ2) is 6.69. The molecule has 5 nitrogen and oxygen atoms in total. The SMILES string of the molecule is CNc1ncc(NCc2ccccc2)cc1B1OC(C)(C)C(C)(C)O1. The molecule has 2 aromatic rings. The number of hydrogen-bond donors (Lipinski definition) is 2. The van der Waals surface area contributed by atoms with Crippen LogP contribution in [0.2, 0.25) is 0 Å². The third-order valence-corrected chi connectivity index (χ3v) is 5.00. The van der Waals surface area contributed by atoms with Crippen LogP contribution < -0.4 is 16.1 Å². The van der Waals surface area contributed by atoms with E-state index in [1.54, 1.807) is 0 Å². The van der Waals surface area contributed by atoms with Crippen LogP contribution in [-0.2, 0) is 15.9 Å². The van der Waals surface area contributed by atoms with Crippen LogP contribution in [0.25, 0.3) is 0 Å². The van der Waals surface area contributed by atoms with E-state index in [4.69, 9.17) is 9.31 Å². The van der Waals surface area contributed by atoms with Crippen molar-refractivity contribution in [2.45, 2.75) is 45.4 Å². The first-order chi connectivity index (χ1) is 11.8. The van der Waals surface area contributed by atoms with Gasteiger partial charge in [0.05, 0.1) is 23.1 Å². The van der Waals surface area contributed by atoms with Gasteiger partial charge in [-0.05, 0) is 39.3 Å². The van der Waals surface area contributed by atoms with Crippen molar-refractivity contribution in [2.24, 2.45) is 0 Å². The van der Waals surface area contributed by atoms with Gasteiger partial charge in [0.1, 0.15) is 5.82 Å². The van der Waals surface area contributed by atoms with E-state index in [9.17, 15) is 0 Å². The van der Waals surface area contributed by atoms with Gasteiger partial charge in [-0.1, -0.05) is 30.3 Å². The Morgan fingerprint density at radius 2 is 1.68 bits per heavy atom. The van der Waals surface area contributed by atoms with Gasteiger partial charge in [0, 0.05) is 19.1 Å². The number of hydrogen-bond acceptors (Lipinski definition) is 5. The highest BCUT2D eigenvalue weighted by atomic mass is 16.7. The number of nitrogens with one attached hydrogen (secondary N) is 2. The maximum Gasteiger partial charge on any atom is 0.498 e. The van der Waals surface area contributed by atoms with E-state index < -0.39 is 7.12 Å². The quantitative estimate of drug-likeness (QED) is 0.820. The summed E-state index contributed by atoms with van der Waals surface area (Å²) in [6.07, 6.45) is 1.82. The highest BCUT2D eigenvalue weighted by molar-refractivity contribution is 6.63. The summed E-state index contributed by atoms with van der Waals surface area (Å²) >= 11 is 0. The van der Waals surface area contributed by atoms with Crippen LogP contribution in [0.3, 0.4) is 0 Å². The van der Waals surface area contributed by atoms with E-state index in [-0.39, 0.29) is 11.2 Å². The molecule has 2 N–H and O–H groups in total. The number of aromatic nitrogens is 1. The Labute approximate surface area is 150 Å². The third kappa shape index (κ3) is 3.65. The Balaban J connectivity index is 1.81. The van der Waals surface area contributed by atoms with Crippen molar-refractivity contribution in [3.8, 4) is 0 Å². The van der Waals surface area contributed by atoms with Crippen LogP contribution in [-0.4, -0.2) is 30.4 Å². The molecule has 1 aromatic heterocycles. The predicted octanol–water partition coefficient (Wildman–Crippen LogP) is 3.03. The number of rotatable bonds is 5. The molecule has 0 bridgehead atoms. The molecule has 6 heteroatoms. The molecule has 1 saturated heterocycles. The van der Waals surface area contributed by atoms with Crippen molar-refractivity contribution in [1.82, 2.24) is 4.98 Å². The molecule has 1 aliphatic rings. The van der Waals surface area contributed by atoms with Crippen LogP contribution in [0.15, 0.2) is 42.6 Å². The molecular formula is C19H26BN3O2. The van der Waals surface area contributed by atoms with Crippen molar-refractivity contribution in [3.05, 3.63) is 48.2 Å². The maximum absolute atomic E-state index is 6.18. The van der Waals surface area contributed by atoms with E-state index in [1.807, 2.05) is 37.5 Å². The first kappa shape index (κ1) is 17.8. The Hall–Kier alpha value is -2.05. The van der Waals surface area contributed by atoms with Crippen LogP contribution >= 0.6 is 0 Å². The number of pyridine rings is 1. The molecule has 132 valence electrons. The largest absolute Gasteiger partial charge is 0.498 e. The van der Waals surface area contributed by atoms with Gasteiger partial charge in [0.25, 0.3) is 0 Å². The number of anilines is 2. The lowest BCUT2D eigenvalue weighted by molar-refractivity contribution is 0.00578. The van der Waals surface area contributed by atoms with Crippen molar-refractivity contribution in [3.63, 3.8) is 0 Å². The second-order valence-electron chi connectivity index (χ2n) is 7.34. The topological polar surface area (TPSA) is 55.4 Å². The Kier molecular flexibility index (Phi) is 4.76. The summed E-state index contributed by atoms with van der Waals surface area (Å²) in [6.45, 7) is 8.95. The normalized spacial score (nSPS) is 18.2. The fourth-order valence-corrected chi connectivity index (χ4v) is 2.74. The lowest BCUT2D eigenvalue weighted by Gasteiger charge is -2.32. The maximum atomic E-state index is 6.18. The van der Waals surface area contributed by atoms with Gasteiger partial charge in [-0.2, -0.15) is 0 Å². The lowest BCUT2D eigenvalue weighted by atomic mass is 9.79. The molecule has 2 heterocycles.